The van der Waals surface area contributed by atoms with Gasteiger partial charge in [0.15, 0.2) is 0 Å². The summed E-state index contributed by atoms with van der Waals surface area (Å²) < 4.78 is 4.94. The topological polar surface area (TPSA) is 116 Å². The first-order valence-corrected chi connectivity index (χ1v) is 6.77. The highest BCUT2D eigenvalue weighted by Crippen LogP contribution is 2.07. The van der Waals surface area contributed by atoms with Gasteiger partial charge in [-0.05, 0) is 27.7 Å². The van der Waals surface area contributed by atoms with Gasteiger partial charge < -0.3 is 10.1 Å². The lowest BCUT2D eigenvalue weighted by Gasteiger charge is -2.22. The zero-order valence-electron chi connectivity index (χ0n) is 14.0. The van der Waals surface area contributed by atoms with E-state index in [1.807, 2.05) is 0 Å². The van der Waals surface area contributed by atoms with Crippen molar-refractivity contribution in [2.75, 3.05) is 20.1 Å². The number of urea groups is 1. The number of ether oxygens (including phenoxy) is 1. The largest absolute Gasteiger partial charge is 0.459 e. The van der Waals surface area contributed by atoms with Crippen molar-refractivity contribution in [1.82, 2.24) is 15.3 Å². The molecule has 0 aliphatic carbocycles. The third kappa shape index (κ3) is 7.96. The summed E-state index contributed by atoms with van der Waals surface area (Å²) >= 11 is 0. The number of amides is 4. The van der Waals surface area contributed by atoms with Crippen molar-refractivity contribution < 1.29 is 29.1 Å². The molecule has 0 spiro atoms. The monoisotopic (exact) mass is 329 g/mol. The van der Waals surface area contributed by atoms with Crippen LogP contribution in [-0.4, -0.2) is 64.7 Å². The van der Waals surface area contributed by atoms with Crippen LogP contribution >= 0.6 is 0 Å². The minimum absolute atomic E-state index is 0.134. The maximum Gasteiger partial charge on any atom is 0.328 e. The summed E-state index contributed by atoms with van der Waals surface area (Å²) in [6, 6.07) is -0.836. The minimum Gasteiger partial charge on any atom is -0.459 e. The van der Waals surface area contributed by atoms with E-state index in [1.165, 1.54) is 14.0 Å². The van der Waals surface area contributed by atoms with Crippen LogP contribution in [0.25, 0.3) is 0 Å². The number of carbonyl (C=O) groups excluding carboxylic acids is 4. The van der Waals surface area contributed by atoms with Gasteiger partial charge in [0.05, 0.1) is 0 Å². The average molecular weight is 329 g/mol. The Bertz CT molecular complexity index is 509. The zero-order chi connectivity index (χ0) is 18.4. The van der Waals surface area contributed by atoms with E-state index in [0.717, 1.165) is 4.90 Å². The molecule has 0 rings (SSSR count). The number of imide groups is 1. The van der Waals surface area contributed by atoms with Crippen molar-refractivity contribution in [2.45, 2.75) is 33.3 Å². The van der Waals surface area contributed by atoms with E-state index in [-0.39, 0.29) is 10.6 Å². The first-order chi connectivity index (χ1) is 10.3. The van der Waals surface area contributed by atoms with Crippen LogP contribution in [-0.2, 0) is 19.1 Å². The van der Waals surface area contributed by atoms with Crippen molar-refractivity contribution in [3.05, 3.63) is 12.2 Å². The Morgan fingerprint density at radius 2 is 1.74 bits per heavy atom. The van der Waals surface area contributed by atoms with Gasteiger partial charge in [-0.15, -0.1) is 0 Å². The molecule has 9 nitrogen and oxygen atoms in total. The van der Waals surface area contributed by atoms with Gasteiger partial charge >= 0.3 is 12.0 Å². The van der Waals surface area contributed by atoms with Gasteiger partial charge in [-0.2, -0.15) is 0 Å². The Morgan fingerprint density at radius 3 is 2.17 bits per heavy atom. The summed E-state index contributed by atoms with van der Waals surface area (Å²) in [5, 5.41) is 11.7. The third-order valence-electron chi connectivity index (χ3n) is 2.35. The maximum atomic E-state index is 11.6. The predicted molar refractivity (Wildman–Crippen MR) is 80.3 cm³/mol. The van der Waals surface area contributed by atoms with Crippen LogP contribution in [0.1, 0.15) is 27.7 Å². The molecule has 0 bridgehead atoms. The Hall–Kier alpha value is -2.42. The minimum atomic E-state index is -0.930. The summed E-state index contributed by atoms with van der Waals surface area (Å²) in [6.07, 6.45) is 0. The van der Waals surface area contributed by atoms with Crippen molar-refractivity contribution >= 4 is 23.8 Å². The molecule has 0 heterocycles. The predicted octanol–water partition coefficient (Wildman–Crippen LogP) is 0.290. The number of likely N-dealkylation sites (N-methyl/N-ethyl adjacent to an activating group) is 1. The van der Waals surface area contributed by atoms with Crippen molar-refractivity contribution in [1.29, 1.82) is 0 Å². The molecule has 0 aromatic carbocycles. The summed E-state index contributed by atoms with van der Waals surface area (Å²) in [4.78, 5) is 46.9. The Balaban J connectivity index is 4.39. The zero-order valence-corrected chi connectivity index (χ0v) is 14.0. The molecular weight excluding hydrogens is 306 g/mol. The fourth-order valence-corrected chi connectivity index (χ4v) is 1.32. The SMILES string of the molecule is C=C(C)C(=O)N(C)C(=O)NCC(=O)N(O)CC(=O)OC(C)(C)C. The van der Waals surface area contributed by atoms with E-state index in [1.54, 1.807) is 20.8 Å². The number of hydroxylamine groups is 2. The Labute approximate surface area is 134 Å². The van der Waals surface area contributed by atoms with E-state index in [0.29, 0.717) is 0 Å². The molecular formula is C14H23N3O6. The molecule has 4 amide bonds. The van der Waals surface area contributed by atoms with Gasteiger partial charge in [0, 0.05) is 12.6 Å². The summed E-state index contributed by atoms with van der Waals surface area (Å²) in [5.74, 6) is -2.33. The lowest BCUT2D eigenvalue weighted by Crippen LogP contribution is -2.46. The van der Waals surface area contributed by atoms with Crippen LogP contribution in [0.15, 0.2) is 12.2 Å². The number of nitrogens with one attached hydrogen (secondary N) is 1. The van der Waals surface area contributed by atoms with Gasteiger partial charge in [-0.1, -0.05) is 6.58 Å². The number of carbonyl (C=O) groups is 4. The first-order valence-electron chi connectivity index (χ1n) is 6.77. The van der Waals surface area contributed by atoms with Gasteiger partial charge in [0.25, 0.3) is 11.8 Å². The van der Waals surface area contributed by atoms with Crippen LogP contribution in [0.4, 0.5) is 4.79 Å². The fraction of sp³-hybridized carbons (Fsp3) is 0.571. The Morgan fingerprint density at radius 1 is 1.22 bits per heavy atom. The first kappa shape index (κ1) is 20.6. The van der Waals surface area contributed by atoms with Crippen LogP contribution in [0.2, 0.25) is 0 Å². The highest BCUT2D eigenvalue weighted by molar-refractivity contribution is 6.03. The lowest BCUT2D eigenvalue weighted by atomic mass is 10.2. The van der Waals surface area contributed by atoms with Crippen molar-refractivity contribution in [2.24, 2.45) is 0 Å². The lowest BCUT2D eigenvalue weighted by molar-refractivity contribution is -0.180. The van der Waals surface area contributed by atoms with Crippen molar-refractivity contribution in [3.8, 4) is 0 Å². The maximum absolute atomic E-state index is 11.6. The molecule has 0 aromatic rings. The average Bonchev–Trinajstić information content (AvgIpc) is 2.39. The molecule has 0 fully saturated rings. The molecule has 0 saturated carbocycles. The van der Waals surface area contributed by atoms with Gasteiger partial charge in [0.1, 0.15) is 18.7 Å². The molecule has 2 N–H and O–H groups in total. The van der Waals surface area contributed by atoms with Crippen LogP contribution in [0.3, 0.4) is 0 Å². The molecule has 0 saturated heterocycles. The summed E-state index contributed by atoms with van der Waals surface area (Å²) in [7, 11) is 1.22. The quantitative estimate of drug-likeness (QED) is 0.324. The van der Waals surface area contributed by atoms with Crippen LogP contribution < -0.4 is 5.32 Å². The normalized spacial score (nSPS) is 10.5. The molecule has 130 valence electrons. The van der Waals surface area contributed by atoms with E-state index >= 15 is 0 Å². The third-order valence-corrected chi connectivity index (χ3v) is 2.35. The number of hydrogen-bond donors (Lipinski definition) is 2. The highest BCUT2D eigenvalue weighted by atomic mass is 16.6. The van der Waals surface area contributed by atoms with Gasteiger partial charge in [-0.3, -0.25) is 24.5 Å². The molecule has 0 aromatic heterocycles. The fourth-order valence-electron chi connectivity index (χ4n) is 1.32. The molecule has 9 heteroatoms. The number of nitrogens with zero attached hydrogens (tertiary/aromatic N) is 2. The molecule has 0 aliphatic heterocycles. The number of hydrogen-bond acceptors (Lipinski definition) is 6. The Kier molecular flexibility index (Phi) is 7.40. The second kappa shape index (κ2) is 8.28. The molecule has 0 radical (unpaired) electrons. The summed E-state index contributed by atoms with van der Waals surface area (Å²) in [5.41, 5.74) is -0.594. The molecule has 0 aliphatic rings. The van der Waals surface area contributed by atoms with Gasteiger partial charge in [0.2, 0.25) is 0 Å². The number of esters is 1. The summed E-state index contributed by atoms with van der Waals surface area (Å²) in [6.45, 7) is 8.50. The van der Waals surface area contributed by atoms with E-state index in [9.17, 15) is 24.4 Å². The van der Waals surface area contributed by atoms with E-state index in [4.69, 9.17) is 4.74 Å². The second-order valence-electron chi connectivity index (χ2n) is 5.84. The van der Waals surface area contributed by atoms with E-state index in [2.05, 4.69) is 11.9 Å². The molecule has 23 heavy (non-hydrogen) atoms. The smallest absolute Gasteiger partial charge is 0.328 e. The number of rotatable bonds is 5. The second-order valence-corrected chi connectivity index (χ2v) is 5.84. The van der Waals surface area contributed by atoms with Gasteiger partial charge in [-0.25, -0.2) is 9.86 Å². The molecule has 0 unspecified atom stereocenters. The van der Waals surface area contributed by atoms with Crippen molar-refractivity contribution in [3.63, 3.8) is 0 Å². The van der Waals surface area contributed by atoms with Crippen LogP contribution in [0, 0.1) is 0 Å². The van der Waals surface area contributed by atoms with E-state index < -0.39 is 42.5 Å². The molecule has 0 atom stereocenters. The standard InChI is InChI=1S/C14H23N3O6/c1-9(2)12(20)16(6)13(21)15-7-10(18)17(22)8-11(19)23-14(3,4)5/h22H,1,7-8H2,2-6H3,(H,15,21). The highest BCUT2D eigenvalue weighted by Gasteiger charge is 2.22. The van der Waals surface area contributed by atoms with Crippen LogP contribution in [0.5, 0.6) is 0 Å².